The fourth-order valence-corrected chi connectivity index (χ4v) is 2.50. The smallest absolute Gasteiger partial charge is 0.266 e. The molecule has 0 saturated heterocycles. The molecule has 7 heteroatoms. The Bertz CT molecular complexity index is 917. The average Bonchev–Trinajstić information content (AvgIpc) is 2.62. The normalized spacial score (nSPS) is 10.8. The first-order valence-corrected chi connectivity index (χ1v) is 8.49. The van der Waals surface area contributed by atoms with Gasteiger partial charge >= 0.3 is 0 Å². The summed E-state index contributed by atoms with van der Waals surface area (Å²) in [6.07, 6.45) is 3.03. The van der Waals surface area contributed by atoms with Crippen LogP contribution in [0.5, 0.6) is 5.75 Å². The zero-order chi connectivity index (χ0) is 19.1. The van der Waals surface area contributed by atoms with E-state index in [9.17, 15) is 10.1 Å². The Labute approximate surface area is 166 Å². The predicted octanol–water partition coefficient (Wildman–Crippen LogP) is 5.76. The number of nitrogens with zero attached hydrogens (tertiary/aromatic N) is 1. The molecule has 1 amide bonds. The van der Waals surface area contributed by atoms with Crippen molar-refractivity contribution in [3.05, 3.63) is 75.3 Å². The molecule has 132 valence electrons. The van der Waals surface area contributed by atoms with E-state index in [-0.39, 0.29) is 5.57 Å². The number of nitriles is 1. The van der Waals surface area contributed by atoms with Crippen LogP contribution in [0.1, 0.15) is 5.56 Å². The molecule has 0 fully saturated rings. The summed E-state index contributed by atoms with van der Waals surface area (Å²) in [7, 11) is 0. The number of nitrogens with one attached hydrogen (secondary N) is 1. The minimum Gasteiger partial charge on any atom is -0.488 e. The third-order valence-corrected chi connectivity index (χ3v) is 4.20. The summed E-state index contributed by atoms with van der Waals surface area (Å²) < 4.78 is 5.38. The van der Waals surface area contributed by atoms with Crippen LogP contribution in [0.15, 0.2) is 54.6 Å². The van der Waals surface area contributed by atoms with Gasteiger partial charge < -0.3 is 10.1 Å². The van der Waals surface area contributed by atoms with Crippen LogP contribution in [0, 0.1) is 11.3 Å². The molecule has 4 nitrogen and oxygen atoms in total. The minimum atomic E-state index is -0.575. The number of rotatable bonds is 6. The van der Waals surface area contributed by atoms with Gasteiger partial charge in [0.25, 0.3) is 5.91 Å². The molecule has 2 rings (SSSR count). The fraction of sp³-hybridized carbons (Fsp3) is 0.0526. The molecule has 2 aromatic carbocycles. The first-order chi connectivity index (χ1) is 12.4. The number of hydrogen-bond donors (Lipinski definition) is 1. The van der Waals surface area contributed by atoms with Crippen molar-refractivity contribution < 1.29 is 9.53 Å². The fourth-order valence-electron chi connectivity index (χ4n) is 1.96. The Morgan fingerprint density at radius 1 is 1.15 bits per heavy atom. The molecule has 0 heterocycles. The number of benzene rings is 2. The summed E-state index contributed by atoms with van der Waals surface area (Å²) in [6.45, 7) is 3.89. The number of halogens is 3. The Morgan fingerprint density at radius 2 is 1.92 bits per heavy atom. The van der Waals surface area contributed by atoms with E-state index in [1.165, 1.54) is 12.1 Å². The SMILES string of the molecule is C=CCOc1ccc(/C=C(\C#N)C(=O)Nc2ccc(Cl)c(Cl)c2)cc1Cl. The number of ether oxygens (including phenoxy) is 1. The first kappa shape index (κ1) is 19.9. The highest BCUT2D eigenvalue weighted by molar-refractivity contribution is 6.42. The molecule has 1 N–H and O–H groups in total. The second kappa shape index (κ2) is 9.30. The molecule has 0 spiro atoms. The van der Waals surface area contributed by atoms with Crippen LogP contribution < -0.4 is 10.1 Å². The summed E-state index contributed by atoms with van der Waals surface area (Å²) in [5, 5.41) is 12.9. The van der Waals surface area contributed by atoms with Crippen molar-refractivity contribution in [3.63, 3.8) is 0 Å². The lowest BCUT2D eigenvalue weighted by molar-refractivity contribution is -0.112. The largest absolute Gasteiger partial charge is 0.488 e. The molecule has 26 heavy (non-hydrogen) atoms. The molecule has 0 atom stereocenters. The predicted molar refractivity (Wildman–Crippen MR) is 106 cm³/mol. The number of carbonyl (C=O) groups excluding carboxylic acids is 1. The minimum absolute atomic E-state index is 0.0908. The van der Waals surface area contributed by atoms with Gasteiger partial charge in [-0.05, 0) is 42.0 Å². The quantitative estimate of drug-likeness (QED) is 0.376. The van der Waals surface area contributed by atoms with E-state index in [1.54, 1.807) is 36.4 Å². The van der Waals surface area contributed by atoms with E-state index < -0.39 is 5.91 Å². The van der Waals surface area contributed by atoms with Crippen LogP contribution in [-0.2, 0) is 4.79 Å². The standard InChI is InChI=1S/C19H13Cl3N2O2/c1-2-7-26-18-6-3-12(9-17(18)22)8-13(11-23)19(25)24-14-4-5-15(20)16(21)10-14/h2-6,8-10H,1,7H2,(H,24,25)/b13-8+. The van der Waals surface area contributed by atoms with Crippen molar-refractivity contribution in [2.24, 2.45) is 0 Å². The maximum absolute atomic E-state index is 12.3. The van der Waals surface area contributed by atoms with Crippen molar-refractivity contribution in [1.29, 1.82) is 5.26 Å². The number of amides is 1. The van der Waals surface area contributed by atoms with Crippen LogP contribution in [0.25, 0.3) is 6.08 Å². The van der Waals surface area contributed by atoms with E-state index in [1.807, 2.05) is 6.07 Å². The van der Waals surface area contributed by atoms with Crippen LogP contribution in [-0.4, -0.2) is 12.5 Å². The van der Waals surface area contributed by atoms with Gasteiger partial charge in [-0.15, -0.1) is 0 Å². The monoisotopic (exact) mass is 406 g/mol. The summed E-state index contributed by atoms with van der Waals surface area (Å²) >= 11 is 17.9. The van der Waals surface area contributed by atoms with Gasteiger partial charge in [-0.25, -0.2) is 0 Å². The van der Waals surface area contributed by atoms with Gasteiger partial charge in [-0.1, -0.05) is 53.5 Å². The topological polar surface area (TPSA) is 62.1 Å². The number of anilines is 1. The molecule has 0 bridgehead atoms. The van der Waals surface area contributed by atoms with Crippen LogP contribution in [0.4, 0.5) is 5.69 Å². The number of hydrogen-bond acceptors (Lipinski definition) is 3. The van der Waals surface area contributed by atoms with E-state index in [0.717, 1.165) is 0 Å². The molecule has 2 aromatic rings. The molecule has 0 radical (unpaired) electrons. The molecular weight excluding hydrogens is 395 g/mol. The molecular formula is C19H13Cl3N2O2. The van der Waals surface area contributed by atoms with Gasteiger partial charge in [0.1, 0.15) is 24.0 Å². The third-order valence-electron chi connectivity index (χ3n) is 3.17. The summed E-state index contributed by atoms with van der Waals surface area (Å²) in [5.74, 6) is -0.0866. The number of carbonyl (C=O) groups is 1. The van der Waals surface area contributed by atoms with Gasteiger partial charge in [-0.3, -0.25) is 4.79 Å². The Hall–Kier alpha value is -2.45. The highest BCUT2D eigenvalue weighted by Crippen LogP contribution is 2.27. The highest BCUT2D eigenvalue weighted by atomic mass is 35.5. The Kier molecular flexibility index (Phi) is 7.11. The van der Waals surface area contributed by atoms with E-state index in [0.29, 0.717) is 38.7 Å². The van der Waals surface area contributed by atoms with E-state index in [2.05, 4.69) is 11.9 Å². The lowest BCUT2D eigenvalue weighted by Crippen LogP contribution is -2.13. The van der Waals surface area contributed by atoms with Crippen molar-refractivity contribution >= 4 is 52.5 Å². The van der Waals surface area contributed by atoms with Crippen molar-refractivity contribution in [3.8, 4) is 11.8 Å². The Balaban J connectivity index is 2.19. The maximum atomic E-state index is 12.3. The van der Waals surface area contributed by atoms with Gasteiger partial charge in [0, 0.05) is 5.69 Å². The average molecular weight is 408 g/mol. The molecule has 0 unspecified atom stereocenters. The highest BCUT2D eigenvalue weighted by Gasteiger charge is 2.11. The second-order valence-electron chi connectivity index (χ2n) is 5.04. The lowest BCUT2D eigenvalue weighted by Gasteiger charge is -2.07. The molecule has 0 aliphatic rings. The first-order valence-electron chi connectivity index (χ1n) is 7.36. The molecule has 0 aliphatic carbocycles. The zero-order valence-electron chi connectivity index (χ0n) is 13.4. The van der Waals surface area contributed by atoms with Crippen LogP contribution in [0.2, 0.25) is 15.1 Å². The van der Waals surface area contributed by atoms with Crippen molar-refractivity contribution in [2.45, 2.75) is 0 Å². The summed E-state index contributed by atoms with van der Waals surface area (Å²) in [6, 6.07) is 11.5. The Morgan fingerprint density at radius 3 is 2.54 bits per heavy atom. The van der Waals surface area contributed by atoms with Gasteiger partial charge in [0.2, 0.25) is 0 Å². The lowest BCUT2D eigenvalue weighted by atomic mass is 10.1. The molecule has 0 saturated carbocycles. The maximum Gasteiger partial charge on any atom is 0.266 e. The van der Waals surface area contributed by atoms with Crippen molar-refractivity contribution in [1.82, 2.24) is 0 Å². The van der Waals surface area contributed by atoms with Gasteiger partial charge in [0.05, 0.1) is 15.1 Å². The third kappa shape index (κ3) is 5.27. The van der Waals surface area contributed by atoms with Gasteiger partial charge in [-0.2, -0.15) is 5.26 Å². The second-order valence-corrected chi connectivity index (χ2v) is 6.26. The van der Waals surface area contributed by atoms with Crippen LogP contribution in [0.3, 0.4) is 0 Å². The van der Waals surface area contributed by atoms with Crippen molar-refractivity contribution in [2.75, 3.05) is 11.9 Å². The van der Waals surface area contributed by atoms with E-state index >= 15 is 0 Å². The molecule has 0 aliphatic heterocycles. The summed E-state index contributed by atoms with van der Waals surface area (Å²) in [4.78, 5) is 12.3. The molecule has 0 aromatic heterocycles. The zero-order valence-corrected chi connectivity index (χ0v) is 15.7. The summed E-state index contributed by atoms with van der Waals surface area (Å²) in [5.41, 5.74) is 0.922. The van der Waals surface area contributed by atoms with Gasteiger partial charge in [0.15, 0.2) is 0 Å². The van der Waals surface area contributed by atoms with Crippen LogP contribution >= 0.6 is 34.8 Å². The van der Waals surface area contributed by atoms with E-state index in [4.69, 9.17) is 39.5 Å².